The molecule has 1 aromatic heterocycles. The lowest BCUT2D eigenvalue weighted by atomic mass is 9.93. The number of hydrogen-bond acceptors (Lipinski definition) is 7. The summed E-state index contributed by atoms with van der Waals surface area (Å²) in [6, 6.07) is 15.2. The molecule has 0 aliphatic carbocycles. The Labute approximate surface area is 219 Å². The van der Waals surface area contributed by atoms with Crippen molar-refractivity contribution in [1.29, 1.82) is 0 Å². The van der Waals surface area contributed by atoms with Crippen LogP contribution in [0.4, 0.5) is 11.4 Å². The molecule has 3 amide bonds. The van der Waals surface area contributed by atoms with Crippen LogP contribution >= 0.6 is 0 Å². The van der Waals surface area contributed by atoms with Gasteiger partial charge in [-0.05, 0) is 49.2 Å². The van der Waals surface area contributed by atoms with E-state index in [-0.39, 0.29) is 25.3 Å². The molecule has 0 spiro atoms. The Hall–Kier alpha value is -4.73. The number of amides is 3. The van der Waals surface area contributed by atoms with Crippen molar-refractivity contribution in [2.75, 3.05) is 23.6 Å². The summed E-state index contributed by atoms with van der Waals surface area (Å²) in [6.07, 6.45) is 3.51. The number of benzene rings is 2. The van der Waals surface area contributed by atoms with Gasteiger partial charge in [0.25, 0.3) is 11.7 Å². The van der Waals surface area contributed by atoms with Crippen LogP contribution in [-0.2, 0) is 20.9 Å². The van der Waals surface area contributed by atoms with Gasteiger partial charge in [0, 0.05) is 30.7 Å². The third-order valence-corrected chi connectivity index (χ3v) is 6.94. The maximum atomic E-state index is 13.9. The van der Waals surface area contributed by atoms with Crippen molar-refractivity contribution in [3.63, 3.8) is 0 Å². The molecule has 0 unspecified atom stereocenters. The quantitative estimate of drug-likeness (QED) is 0.459. The highest BCUT2D eigenvalue weighted by Crippen LogP contribution is 2.35. The minimum atomic E-state index is -1.31. The Morgan fingerprint density at radius 3 is 2.63 bits per heavy atom. The van der Waals surface area contributed by atoms with E-state index in [0.717, 1.165) is 0 Å². The zero-order valence-corrected chi connectivity index (χ0v) is 21.0. The molecular formula is C28H26N4O6. The predicted octanol–water partition coefficient (Wildman–Crippen LogP) is 3.18. The molecule has 38 heavy (non-hydrogen) atoms. The van der Waals surface area contributed by atoms with Crippen molar-refractivity contribution < 1.29 is 28.7 Å². The summed E-state index contributed by atoms with van der Waals surface area (Å²) >= 11 is 0. The minimum Gasteiger partial charge on any atom is -0.454 e. The van der Waals surface area contributed by atoms with E-state index < -0.39 is 35.6 Å². The van der Waals surface area contributed by atoms with Crippen LogP contribution in [0.1, 0.15) is 36.2 Å². The van der Waals surface area contributed by atoms with Crippen molar-refractivity contribution in [3.8, 4) is 11.5 Å². The maximum absolute atomic E-state index is 13.9. The van der Waals surface area contributed by atoms with Crippen molar-refractivity contribution in [2.45, 2.75) is 32.4 Å². The first-order valence-electron chi connectivity index (χ1n) is 12.2. The number of carbonyl (C=O) groups excluding carboxylic acids is 4. The van der Waals surface area contributed by atoms with Gasteiger partial charge in [-0.25, -0.2) is 0 Å². The average molecular weight is 515 g/mol. The number of nitrogens with one attached hydrogen (secondary N) is 1. The van der Waals surface area contributed by atoms with Gasteiger partial charge in [-0.2, -0.15) is 0 Å². The maximum Gasteiger partial charge on any atom is 0.299 e. The number of fused-ring (bicyclic) bond motifs is 2. The third-order valence-electron chi connectivity index (χ3n) is 6.94. The summed E-state index contributed by atoms with van der Waals surface area (Å²) < 4.78 is 10.7. The average Bonchev–Trinajstić information content (AvgIpc) is 3.50. The normalized spacial score (nSPS) is 15.2. The molecule has 0 saturated heterocycles. The summed E-state index contributed by atoms with van der Waals surface area (Å²) in [5.74, 6) is -1.24. The van der Waals surface area contributed by atoms with Gasteiger partial charge in [-0.15, -0.1) is 0 Å². The molecule has 0 bridgehead atoms. The number of nitrogens with zero attached hydrogens (tertiary/aromatic N) is 3. The molecule has 0 saturated carbocycles. The van der Waals surface area contributed by atoms with Crippen LogP contribution in [0, 0.1) is 0 Å². The molecule has 1 atom stereocenters. The second kappa shape index (κ2) is 9.97. The Morgan fingerprint density at radius 2 is 1.87 bits per heavy atom. The number of ether oxygens (including phenoxy) is 2. The van der Waals surface area contributed by atoms with Gasteiger partial charge in [-0.3, -0.25) is 29.1 Å². The highest BCUT2D eigenvalue weighted by Gasteiger charge is 2.43. The van der Waals surface area contributed by atoms with Crippen LogP contribution in [0.2, 0.25) is 0 Å². The monoisotopic (exact) mass is 514 g/mol. The van der Waals surface area contributed by atoms with Crippen LogP contribution < -0.4 is 19.7 Å². The number of Topliss-reactive ketones (excluding diaryl/α,β-unsaturated/α-hetero) is 1. The van der Waals surface area contributed by atoms with Crippen molar-refractivity contribution in [1.82, 2.24) is 9.88 Å². The van der Waals surface area contributed by atoms with Crippen molar-refractivity contribution in [2.24, 2.45) is 0 Å². The Bertz CT molecular complexity index is 1430. The first kappa shape index (κ1) is 24.9. The smallest absolute Gasteiger partial charge is 0.299 e. The summed E-state index contributed by atoms with van der Waals surface area (Å²) in [4.78, 5) is 59.6. The summed E-state index contributed by atoms with van der Waals surface area (Å²) in [5, 5.41) is 2.89. The lowest BCUT2D eigenvalue weighted by Gasteiger charge is -2.40. The number of ketones is 1. The van der Waals surface area contributed by atoms with Crippen LogP contribution in [0.15, 0.2) is 67.0 Å². The Morgan fingerprint density at radius 1 is 1.08 bits per heavy atom. The predicted molar refractivity (Wildman–Crippen MR) is 138 cm³/mol. The van der Waals surface area contributed by atoms with E-state index >= 15 is 0 Å². The second-order valence-corrected chi connectivity index (χ2v) is 9.23. The van der Waals surface area contributed by atoms with Crippen LogP contribution in [0.5, 0.6) is 11.5 Å². The topological polar surface area (TPSA) is 118 Å². The van der Waals surface area contributed by atoms with Gasteiger partial charge in [0.1, 0.15) is 12.1 Å². The summed E-state index contributed by atoms with van der Waals surface area (Å²) in [5.41, 5.74) is 0.515. The minimum absolute atomic E-state index is 0.0726. The highest BCUT2D eigenvalue weighted by atomic mass is 16.7. The molecule has 1 N–H and O–H groups in total. The molecule has 3 heterocycles. The van der Waals surface area contributed by atoms with E-state index in [1.807, 2.05) is 6.92 Å². The van der Waals surface area contributed by atoms with Crippen molar-refractivity contribution in [3.05, 3.63) is 78.1 Å². The van der Waals surface area contributed by atoms with Crippen LogP contribution in [0.25, 0.3) is 0 Å². The molecule has 2 aliphatic heterocycles. The first-order valence-corrected chi connectivity index (χ1v) is 12.2. The molecular weight excluding hydrogens is 488 g/mol. The number of carbonyl (C=O) groups is 4. The molecule has 194 valence electrons. The fourth-order valence-electron chi connectivity index (χ4n) is 4.55. The van der Waals surface area contributed by atoms with Crippen molar-refractivity contribution >= 4 is 34.9 Å². The number of pyridine rings is 1. The lowest BCUT2D eigenvalue weighted by Crippen LogP contribution is -2.58. The van der Waals surface area contributed by atoms with E-state index in [2.05, 4.69) is 10.3 Å². The zero-order chi connectivity index (χ0) is 26.9. The number of rotatable bonds is 8. The van der Waals surface area contributed by atoms with E-state index in [1.165, 1.54) is 9.80 Å². The number of hydrogen-bond donors (Lipinski definition) is 1. The fraction of sp³-hybridized carbons (Fsp3) is 0.250. The van der Waals surface area contributed by atoms with Gasteiger partial charge in [-0.1, -0.05) is 25.1 Å². The first-order chi connectivity index (χ1) is 18.3. The second-order valence-electron chi connectivity index (χ2n) is 9.23. The Balaban J connectivity index is 1.45. The van der Waals surface area contributed by atoms with Crippen LogP contribution in [-0.4, -0.2) is 52.3 Å². The summed E-state index contributed by atoms with van der Waals surface area (Å²) in [6.45, 7) is 3.27. The number of aromatic nitrogens is 1. The number of para-hydroxylation sites is 1. The molecule has 2 aliphatic rings. The molecule has 5 rings (SSSR count). The van der Waals surface area contributed by atoms with Gasteiger partial charge in [0.15, 0.2) is 11.5 Å². The standard InChI is InChI=1S/C28H26N4O6/c1-3-28(2,27(36)30-19-10-11-22-23(13-19)38-17-37-22)32(15-18-7-6-12-29-14-18)24(33)16-31-21-9-5-4-8-20(21)25(34)26(31)35/h4-14H,3,15-17H2,1-2H3,(H,30,36)/t28-/m1/s1. The lowest BCUT2D eigenvalue weighted by molar-refractivity contribution is -0.145. The molecule has 10 heteroatoms. The molecule has 0 fully saturated rings. The van der Waals surface area contributed by atoms with E-state index in [1.54, 1.807) is 73.9 Å². The molecule has 3 aromatic rings. The van der Waals surface area contributed by atoms with Crippen LogP contribution in [0.3, 0.4) is 0 Å². The Kier molecular flexibility index (Phi) is 6.54. The SMILES string of the molecule is CC[C@](C)(C(=O)Nc1ccc2c(c1)OCO2)N(Cc1cccnc1)C(=O)CN1C(=O)C(=O)c2ccccc21. The molecule has 10 nitrogen and oxygen atoms in total. The molecule has 0 radical (unpaired) electrons. The van der Waals surface area contributed by atoms with E-state index in [9.17, 15) is 19.2 Å². The third kappa shape index (κ3) is 4.45. The van der Waals surface area contributed by atoms with Gasteiger partial charge >= 0.3 is 0 Å². The van der Waals surface area contributed by atoms with E-state index in [0.29, 0.717) is 28.4 Å². The van der Waals surface area contributed by atoms with Gasteiger partial charge in [0.05, 0.1) is 11.3 Å². The fourth-order valence-corrected chi connectivity index (χ4v) is 4.55. The largest absolute Gasteiger partial charge is 0.454 e. The molecule has 2 aromatic carbocycles. The van der Waals surface area contributed by atoms with E-state index in [4.69, 9.17) is 9.47 Å². The summed E-state index contributed by atoms with van der Waals surface area (Å²) in [7, 11) is 0. The zero-order valence-electron chi connectivity index (χ0n) is 21.0. The van der Waals surface area contributed by atoms with Gasteiger partial charge in [0.2, 0.25) is 18.6 Å². The van der Waals surface area contributed by atoms with Gasteiger partial charge < -0.3 is 19.7 Å². The number of anilines is 2. The highest BCUT2D eigenvalue weighted by molar-refractivity contribution is 6.52.